The molecule has 0 aliphatic heterocycles. The first-order chi connectivity index (χ1) is 10.5. The molecule has 0 heterocycles. The molecule has 1 amide bonds. The van der Waals surface area contributed by atoms with Crippen LogP contribution in [0.4, 0.5) is 0 Å². The molecule has 0 saturated carbocycles. The lowest BCUT2D eigenvalue weighted by molar-refractivity contribution is -0.121. The van der Waals surface area contributed by atoms with Crippen molar-refractivity contribution >= 4 is 42.3 Å². The number of carbonyl (C=O) groups excluding carboxylic acids is 1. The highest BCUT2D eigenvalue weighted by Gasteiger charge is 2.20. The van der Waals surface area contributed by atoms with Crippen LogP contribution in [-0.4, -0.2) is 36.5 Å². The zero-order chi connectivity index (χ0) is 16.5. The molecule has 1 aromatic carbocycles. The average Bonchev–Trinajstić information content (AvgIpc) is 2.50. The van der Waals surface area contributed by atoms with E-state index >= 15 is 0 Å². The molecule has 2 atom stereocenters. The van der Waals surface area contributed by atoms with Gasteiger partial charge in [0.2, 0.25) is 5.91 Å². The first-order valence-electron chi connectivity index (χ1n) is 8.00. The number of rotatable bonds is 9. The first-order valence-corrected chi connectivity index (χ1v) is 8.38. The van der Waals surface area contributed by atoms with E-state index in [1.54, 1.807) is 0 Å². The maximum Gasteiger partial charge on any atom is 0.220 e. The molecule has 1 rings (SSSR count). The lowest BCUT2D eigenvalue weighted by Crippen LogP contribution is -2.38. The summed E-state index contributed by atoms with van der Waals surface area (Å²) in [5.41, 5.74) is 6.75. The summed E-state index contributed by atoms with van der Waals surface area (Å²) in [5, 5.41) is 3.76. The number of carbonyl (C=O) groups is 1. The third-order valence-electron chi connectivity index (χ3n) is 3.84. The largest absolute Gasteiger partial charge is 0.354 e. The van der Waals surface area contributed by atoms with Crippen LogP contribution in [0.15, 0.2) is 24.3 Å². The number of nitrogens with zero attached hydrogens (tertiary/aromatic N) is 1. The Hall–Kier alpha value is -0.520. The van der Waals surface area contributed by atoms with Crippen molar-refractivity contribution in [2.24, 2.45) is 5.73 Å². The third-order valence-corrected chi connectivity index (χ3v) is 4.18. The molecule has 4 nitrogen and oxygen atoms in total. The summed E-state index contributed by atoms with van der Waals surface area (Å²) in [7, 11) is 0. The van der Waals surface area contributed by atoms with E-state index in [1.165, 1.54) is 0 Å². The van der Waals surface area contributed by atoms with Crippen LogP contribution in [0, 0.1) is 0 Å². The van der Waals surface area contributed by atoms with Gasteiger partial charge in [-0.3, -0.25) is 9.69 Å². The van der Waals surface area contributed by atoms with Crippen molar-refractivity contribution in [1.29, 1.82) is 0 Å². The molecular formula is C17H30Cl3N3O. The highest BCUT2D eigenvalue weighted by atomic mass is 35.5. The number of nitrogens with one attached hydrogen (secondary N) is 1. The smallest absolute Gasteiger partial charge is 0.220 e. The predicted octanol–water partition coefficient (Wildman–Crippen LogP) is 3.81. The van der Waals surface area contributed by atoms with Crippen molar-refractivity contribution in [2.45, 2.75) is 45.7 Å². The van der Waals surface area contributed by atoms with Crippen LogP contribution in [-0.2, 0) is 4.79 Å². The van der Waals surface area contributed by atoms with Crippen LogP contribution in [0.1, 0.15) is 45.2 Å². The lowest BCUT2D eigenvalue weighted by atomic mass is 10.0. The highest BCUT2D eigenvalue weighted by Crippen LogP contribution is 2.26. The lowest BCUT2D eigenvalue weighted by Gasteiger charge is -2.31. The van der Waals surface area contributed by atoms with Gasteiger partial charge in [0, 0.05) is 24.0 Å². The summed E-state index contributed by atoms with van der Waals surface area (Å²) in [5.74, 6) is 0.0431. The molecule has 0 saturated heterocycles. The monoisotopic (exact) mass is 397 g/mol. The maximum atomic E-state index is 11.9. The Morgan fingerprint density at radius 2 is 1.83 bits per heavy atom. The molecule has 2 unspecified atom stereocenters. The highest BCUT2D eigenvalue weighted by molar-refractivity contribution is 6.31. The van der Waals surface area contributed by atoms with Crippen molar-refractivity contribution in [1.82, 2.24) is 10.2 Å². The molecule has 0 aliphatic carbocycles. The number of halogens is 3. The van der Waals surface area contributed by atoms with Gasteiger partial charge in [-0.1, -0.05) is 43.6 Å². The summed E-state index contributed by atoms with van der Waals surface area (Å²) in [6.07, 6.45) is 1.17. The van der Waals surface area contributed by atoms with Gasteiger partial charge in [0.05, 0.1) is 6.04 Å². The molecule has 3 N–H and O–H groups in total. The fourth-order valence-corrected chi connectivity index (χ4v) is 2.76. The normalized spacial score (nSPS) is 12.8. The van der Waals surface area contributed by atoms with Gasteiger partial charge in [0.1, 0.15) is 0 Å². The number of amides is 1. The van der Waals surface area contributed by atoms with Gasteiger partial charge < -0.3 is 11.1 Å². The molecule has 0 fully saturated rings. The average molecular weight is 399 g/mol. The Kier molecular flexibility index (Phi) is 14.7. The summed E-state index contributed by atoms with van der Waals surface area (Å²) >= 11 is 6.34. The second kappa shape index (κ2) is 13.7. The van der Waals surface area contributed by atoms with Gasteiger partial charge in [0.25, 0.3) is 0 Å². The van der Waals surface area contributed by atoms with E-state index in [1.807, 2.05) is 31.2 Å². The van der Waals surface area contributed by atoms with Crippen LogP contribution < -0.4 is 11.1 Å². The molecule has 24 heavy (non-hydrogen) atoms. The number of nitrogens with two attached hydrogens (primary N) is 1. The van der Waals surface area contributed by atoms with Gasteiger partial charge in [-0.25, -0.2) is 0 Å². The second-order valence-corrected chi connectivity index (χ2v) is 5.99. The number of benzene rings is 1. The van der Waals surface area contributed by atoms with Gasteiger partial charge in [-0.05, 0) is 38.1 Å². The van der Waals surface area contributed by atoms with Crippen LogP contribution in [0.25, 0.3) is 0 Å². The van der Waals surface area contributed by atoms with Crippen molar-refractivity contribution in [3.63, 3.8) is 0 Å². The minimum absolute atomic E-state index is 0. The fourth-order valence-electron chi connectivity index (χ4n) is 2.50. The van der Waals surface area contributed by atoms with E-state index in [2.05, 4.69) is 24.1 Å². The van der Waals surface area contributed by atoms with E-state index in [4.69, 9.17) is 17.3 Å². The zero-order valence-electron chi connectivity index (χ0n) is 14.6. The Bertz CT molecular complexity index is 468. The van der Waals surface area contributed by atoms with Crippen molar-refractivity contribution in [3.05, 3.63) is 34.9 Å². The Labute approximate surface area is 163 Å². The summed E-state index contributed by atoms with van der Waals surface area (Å²) < 4.78 is 0. The van der Waals surface area contributed by atoms with Crippen LogP contribution in [0.3, 0.4) is 0 Å². The Morgan fingerprint density at radius 1 is 1.25 bits per heavy atom. The van der Waals surface area contributed by atoms with Crippen molar-refractivity contribution < 1.29 is 4.79 Å². The van der Waals surface area contributed by atoms with Crippen LogP contribution in [0.2, 0.25) is 5.02 Å². The number of hydrogen-bond acceptors (Lipinski definition) is 3. The molecule has 0 spiro atoms. The molecule has 0 bridgehead atoms. The van der Waals surface area contributed by atoms with Crippen molar-refractivity contribution in [2.75, 3.05) is 19.6 Å². The van der Waals surface area contributed by atoms with Crippen LogP contribution >= 0.6 is 36.4 Å². The predicted molar refractivity (Wildman–Crippen MR) is 108 cm³/mol. The molecular weight excluding hydrogens is 369 g/mol. The molecule has 7 heteroatoms. The Morgan fingerprint density at radius 3 is 2.33 bits per heavy atom. The van der Waals surface area contributed by atoms with E-state index in [-0.39, 0.29) is 42.8 Å². The van der Waals surface area contributed by atoms with Gasteiger partial charge in [-0.2, -0.15) is 0 Å². The standard InChI is InChI=1S/C17H28ClN3O.2ClH/c1-4-21(5-2)16(14-8-6-7-9-15(14)18)12-20-17(22)11-10-13(3)19;;/h6-9,13,16H,4-5,10-12,19H2,1-3H3,(H,20,22);2*1H. The minimum Gasteiger partial charge on any atom is -0.354 e. The second-order valence-electron chi connectivity index (χ2n) is 5.58. The fraction of sp³-hybridized carbons (Fsp3) is 0.588. The molecule has 0 aliphatic rings. The first kappa shape index (κ1) is 25.7. The maximum absolute atomic E-state index is 11.9. The molecule has 1 aromatic rings. The quantitative estimate of drug-likeness (QED) is 0.665. The Balaban J connectivity index is 0. The van der Waals surface area contributed by atoms with E-state index in [0.717, 1.165) is 23.7 Å². The zero-order valence-corrected chi connectivity index (χ0v) is 17.0. The van der Waals surface area contributed by atoms with Gasteiger partial charge in [0.15, 0.2) is 0 Å². The minimum atomic E-state index is 0. The van der Waals surface area contributed by atoms with E-state index < -0.39 is 0 Å². The summed E-state index contributed by atoms with van der Waals surface area (Å²) in [6.45, 7) is 8.51. The number of likely N-dealkylation sites (N-methyl/N-ethyl adjacent to an activating group) is 1. The van der Waals surface area contributed by atoms with Crippen molar-refractivity contribution in [3.8, 4) is 0 Å². The van der Waals surface area contributed by atoms with Gasteiger partial charge in [-0.15, -0.1) is 24.8 Å². The number of hydrogen-bond donors (Lipinski definition) is 2. The third kappa shape index (κ3) is 8.54. The molecule has 0 aromatic heterocycles. The molecule has 0 radical (unpaired) electrons. The molecule has 140 valence electrons. The van der Waals surface area contributed by atoms with Crippen LogP contribution in [0.5, 0.6) is 0 Å². The summed E-state index contributed by atoms with van der Waals surface area (Å²) in [4.78, 5) is 14.2. The SMILES string of the molecule is CCN(CC)C(CNC(=O)CCC(C)N)c1ccccc1Cl.Cl.Cl. The van der Waals surface area contributed by atoms with Gasteiger partial charge >= 0.3 is 0 Å². The van der Waals surface area contributed by atoms with E-state index in [0.29, 0.717) is 19.4 Å². The topological polar surface area (TPSA) is 58.4 Å². The van der Waals surface area contributed by atoms with E-state index in [9.17, 15) is 4.79 Å². The summed E-state index contributed by atoms with van der Waals surface area (Å²) in [6, 6.07) is 7.96.